The summed E-state index contributed by atoms with van der Waals surface area (Å²) in [6.45, 7) is 4.81. The lowest BCUT2D eigenvalue weighted by Gasteiger charge is -2.30. The monoisotopic (exact) mass is 351 g/mol. The van der Waals surface area contributed by atoms with Gasteiger partial charge in [0.25, 0.3) is 0 Å². The molecule has 132 valence electrons. The second-order valence-corrected chi connectivity index (χ2v) is 8.26. The first kappa shape index (κ1) is 17.2. The molecule has 0 saturated carbocycles. The van der Waals surface area contributed by atoms with E-state index in [0.29, 0.717) is 30.4 Å². The van der Waals surface area contributed by atoms with E-state index in [1.165, 1.54) is 6.20 Å². The first-order chi connectivity index (χ1) is 11.6. The summed E-state index contributed by atoms with van der Waals surface area (Å²) in [6.07, 6.45) is 12.8. The standard InChI is InChI=1S/C16H25N5O2S/c1-2-20-13-16(12-18-20)24(22,23)21-9-5-15(6-10-21)4-3-8-19-11-7-17-14-19/h7,11-15H,2-6,8-10H2,1H3. The van der Waals surface area contributed by atoms with Gasteiger partial charge in [0.05, 0.1) is 12.5 Å². The van der Waals surface area contributed by atoms with Crippen molar-refractivity contribution < 1.29 is 8.42 Å². The van der Waals surface area contributed by atoms with Crippen molar-refractivity contribution in [1.82, 2.24) is 23.6 Å². The van der Waals surface area contributed by atoms with E-state index in [0.717, 1.165) is 32.2 Å². The van der Waals surface area contributed by atoms with Crippen LogP contribution in [0.1, 0.15) is 32.6 Å². The Morgan fingerprint density at radius 2 is 2.08 bits per heavy atom. The van der Waals surface area contributed by atoms with E-state index in [9.17, 15) is 8.42 Å². The van der Waals surface area contributed by atoms with Crippen LogP contribution in [0.15, 0.2) is 36.0 Å². The maximum atomic E-state index is 12.7. The highest BCUT2D eigenvalue weighted by atomic mass is 32.2. The van der Waals surface area contributed by atoms with Crippen LogP contribution in [0.3, 0.4) is 0 Å². The van der Waals surface area contributed by atoms with Gasteiger partial charge in [-0.2, -0.15) is 9.40 Å². The van der Waals surface area contributed by atoms with Gasteiger partial charge in [0, 0.05) is 44.8 Å². The average molecular weight is 351 g/mol. The quantitative estimate of drug-likeness (QED) is 0.764. The van der Waals surface area contributed by atoms with Gasteiger partial charge >= 0.3 is 0 Å². The van der Waals surface area contributed by atoms with Gasteiger partial charge in [-0.15, -0.1) is 0 Å². The number of aryl methyl sites for hydroxylation is 2. The fraction of sp³-hybridized carbons (Fsp3) is 0.625. The van der Waals surface area contributed by atoms with Crippen LogP contribution in [0.2, 0.25) is 0 Å². The average Bonchev–Trinajstić information content (AvgIpc) is 3.27. The van der Waals surface area contributed by atoms with Gasteiger partial charge in [0.2, 0.25) is 10.0 Å². The molecule has 1 aliphatic heterocycles. The molecule has 24 heavy (non-hydrogen) atoms. The lowest BCUT2D eigenvalue weighted by Crippen LogP contribution is -2.38. The van der Waals surface area contributed by atoms with Crippen molar-refractivity contribution >= 4 is 10.0 Å². The minimum Gasteiger partial charge on any atom is -0.337 e. The third-order valence-corrected chi connectivity index (χ3v) is 6.58. The van der Waals surface area contributed by atoms with Crippen molar-refractivity contribution in [2.45, 2.75) is 50.6 Å². The second-order valence-electron chi connectivity index (χ2n) is 6.32. The highest BCUT2D eigenvalue weighted by Gasteiger charge is 2.30. The SMILES string of the molecule is CCn1cc(S(=O)(=O)N2CCC(CCCn3ccnc3)CC2)cn1. The molecule has 0 bridgehead atoms. The molecule has 7 nitrogen and oxygen atoms in total. The van der Waals surface area contributed by atoms with Gasteiger partial charge in [-0.25, -0.2) is 13.4 Å². The van der Waals surface area contributed by atoms with E-state index in [1.807, 2.05) is 19.4 Å². The number of piperidine rings is 1. The molecule has 0 radical (unpaired) electrons. The molecule has 0 aliphatic carbocycles. The van der Waals surface area contributed by atoms with Gasteiger partial charge in [-0.1, -0.05) is 0 Å². The molecule has 1 saturated heterocycles. The largest absolute Gasteiger partial charge is 0.337 e. The predicted molar refractivity (Wildman–Crippen MR) is 90.8 cm³/mol. The fourth-order valence-corrected chi connectivity index (χ4v) is 4.64. The van der Waals surface area contributed by atoms with Crippen LogP contribution >= 0.6 is 0 Å². The number of hydrogen-bond acceptors (Lipinski definition) is 4. The Kier molecular flexibility index (Phi) is 5.35. The Balaban J connectivity index is 1.49. The third-order valence-electron chi connectivity index (χ3n) is 4.73. The van der Waals surface area contributed by atoms with E-state index in [1.54, 1.807) is 21.4 Å². The van der Waals surface area contributed by atoms with Crippen LogP contribution in [0.4, 0.5) is 0 Å². The summed E-state index contributed by atoms with van der Waals surface area (Å²) in [7, 11) is -3.39. The zero-order chi connectivity index (χ0) is 17.0. The lowest BCUT2D eigenvalue weighted by molar-refractivity contribution is 0.258. The molecule has 1 aliphatic rings. The van der Waals surface area contributed by atoms with Gasteiger partial charge in [0.1, 0.15) is 4.90 Å². The van der Waals surface area contributed by atoms with Crippen LogP contribution in [-0.2, 0) is 23.1 Å². The summed E-state index contributed by atoms with van der Waals surface area (Å²) in [4.78, 5) is 4.35. The maximum Gasteiger partial charge on any atom is 0.246 e. The minimum atomic E-state index is -3.39. The molecular formula is C16H25N5O2S. The molecule has 0 aromatic carbocycles. The smallest absolute Gasteiger partial charge is 0.246 e. The minimum absolute atomic E-state index is 0.308. The number of nitrogens with zero attached hydrogens (tertiary/aromatic N) is 5. The zero-order valence-electron chi connectivity index (χ0n) is 14.1. The second kappa shape index (κ2) is 7.48. The fourth-order valence-electron chi connectivity index (χ4n) is 3.22. The zero-order valence-corrected chi connectivity index (χ0v) is 14.9. The van der Waals surface area contributed by atoms with E-state index in [-0.39, 0.29) is 0 Å². The highest BCUT2D eigenvalue weighted by Crippen LogP contribution is 2.26. The van der Waals surface area contributed by atoms with E-state index >= 15 is 0 Å². The summed E-state index contributed by atoms with van der Waals surface area (Å²) >= 11 is 0. The van der Waals surface area contributed by atoms with Gasteiger partial charge < -0.3 is 4.57 Å². The van der Waals surface area contributed by atoms with E-state index in [4.69, 9.17) is 0 Å². The van der Waals surface area contributed by atoms with E-state index in [2.05, 4.69) is 14.6 Å². The Morgan fingerprint density at radius 3 is 2.71 bits per heavy atom. The summed E-state index contributed by atoms with van der Waals surface area (Å²) in [5.74, 6) is 0.610. The molecule has 0 amide bonds. The topological polar surface area (TPSA) is 73.0 Å². The van der Waals surface area contributed by atoms with Crippen molar-refractivity contribution in [2.24, 2.45) is 5.92 Å². The summed E-state index contributed by atoms with van der Waals surface area (Å²) < 4.78 is 30.7. The van der Waals surface area contributed by atoms with Gasteiger partial charge in [-0.3, -0.25) is 4.68 Å². The molecule has 0 N–H and O–H groups in total. The normalized spacial score (nSPS) is 17.4. The summed E-state index contributed by atoms with van der Waals surface area (Å²) in [5.41, 5.74) is 0. The Bertz CT molecular complexity index is 730. The van der Waals surface area contributed by atoms with Crippen LogP contribution in [-0.4, -0.2) is 45.1 Å². The molecule has 3 heterocycles. The third kappa shape index (κ3) is 3.87. The summed E-state index contributed by atoms with van der Waals surface area (Å²) in [5, 5.41) is 4.08. The molecule has 1 fully saturated rings. The van der Waals surface area contributed by atoms with Crippen molar-refractivity contribution in [3.8, 4) is 0 Å². The van der Waals surface area contributed by atoms with Crippen molar-refractivity contribution in [3.63, 3.8) is 0 Å². The number of imidazole rings is 1. The number of aromatic nitrogens is 4. The Morgan fingerprint density at radius 1 is 1.29 bits per heavy atom. The van der Waals surface area contributed by atoms with Crippen molar-refractivity contribution in [3.05, 3.63) is 31.1 Å². The molecule has 8 heteroatoms. The van der Waals surface area contributed by atoms with Crippen LogP contribution in [0.5, 0.6) is 0 Å². The first-order valence-electron chi connectivity index (χ1n) is 8.58. The first-order valence-corrected chi connectivity index (χ1v) is 10.0. The maximum absolute atomic E-state index is 12.7. The Labute approximate surface area is 143 Å². The molecule has 3 rings (SSSR count). The van der Waals surface area contributed by atoms with Crippen LogP contribution in [0.25, 0.3) is 0 Å². The molecule has 0 atom stereocenters. The molecule has 0 unspecified atom stereocenters. The molecule has 2 aromatic heterocycles. The van der Waals surface area contributed by atoms with E-state index < -0.39 is 10.0 Å². The number of hydrogen-bond donors (Lipinski definition) is 0. The summed E-state index contributed by atoms with van der Waals surface area (Å²) in [6, 6.07) is 0. The highest BCUT2D eigenvalue weighted by molar-refractivity contribution is 7.89. The predicted octanol–water partition coefficient (Wildman–Crippen LogP) is 1.98. The molecular weight excluding hydrogens is 326 g/mol. The Hall–Kier alpha value is -1.67. The van der Waals surface area contributed by atoms with Crippen LogP contribution < -0.4 is 0 Å². The van der Waals surface area contributed by atoms with Crippen molar-refractivity contribution in [2.75, 3.05) is 13.1 Å². The van der Waals surface area contributed by atoms with Gasteiger partial charge in [0.15, 0.2) is 0 Å². The van der Waals surface area contributed by atoms with Crippen LogP contribution in [0, 0.1) is 5.92 Å². The van der Waals surface area contributed by atoms with Gasteiger partial charge in [-0.05, 0) is 38.5 Å². The van der Waals surface area contributed by atoms with Crippen molar-refractivity contribution in [1.29, 1.82) is 0 Å². The molecule has 0 spiro atoms. The number of sulfonamides is 1. The molecule has 2 aromatic rings. The number of rotatable bonds is 7. The lowest BCUT2D eigenvalue weighted by atomic mass is 9.93.